The van der Waals surface area contributed by atoms with Crippen LogP contribution in [0.4, 0.5) is 4.79 Å². The first-order valence-electron chi connectivity index (χ1n) is 9.67. The number of nitrogens with zero attached hydrogens (tertiary/aromatic N) is 1. The second-order valence-corrected chi connectivity index (χ2v) is 6.67. The predicted octanol–water partition coefficient (Wildman–Crippen LogP) is -0.625. The van der Waals surface area contributed by atoms with E-state index in [4.69, 9.17) is 24.7 Å². The maximum Gasteiger partial charge on any atom is 0.407 e. The molecule has 0 fully saturated rings. The zero-order valence-corrected chi connectivity index (χ0v) is 18.3. The molecule has 0 saturated heterocycles. The van der Waals surface area contributed by atoms with Crippen LogP contribution in [0.3, 0.4) is 0 Å². The normalized spacial score (nSPS) is 10.6. The van der Waals surface area contributed by atoms with Crippen molar-refractivity contribution in [2.75, 3.05) is 71.6 Å². The van der Waals surface area contributed by atoms with Gasteiger partial charge >= 0.3 is 12.1 Å². The summed E-state index contributed by atoms with van der Waals surface area (Å²) < 4.78 is 20.2. The first-order valence-corrected chi connectivity index (χ1v) is 10.3. The molecule has 0 bridgehead atoms. The number of carbonyl (C=O) groups excluding carboxylic acids is 4. The minimum atomic E-state index is -0.536. The van der Waals surface area contributed by atoms with Crippen molar-refractivity contribution in [3.63, 3.8) is 0 Å². The molecule has 0 aliphatic carbocycles. The Morgan fingerprint density at radius 3 is 2.37 bits per heavy atom. The SMILES string of the molecule is CC(=O)CCCN(CCOC(=O)COCCOCCNC(=O)OCCS)CC(N)=O. The number of primary amides is 1. The summed E-state index contributed by atoms with van der Waals surface area (Å²) in [5.74, 6) is -0.496. The molecule has 0 rings (SSSR count). The van der Waals surface area contributed by atoms with Gasteiger partial charge in [0.15, 0.2) is 0 Å². The van der Waals surface area contributed by atoms with E-state index in [1.165, 1.54) is 6.92 Å². The van der Waals surface area contributed by atoms with Crippen molar-refractivity contribution in [2.24, 2.45) is 5.73 Å². The highest BCUT2D eigenvalue weighted by Gasteiger charge is 2.10. The summed E-state index contributed by atoms with van der Waals surface area (Å²) in [6.07, 6.45) is 0.493. The standard InChI is InChI=1S/C18H33N3O8S/c1-15(22)3-2-5-21(13-16(19)23)6-8-28-17(24)14-27-10-9-26-7-4-20-18(25)29-11-12-30/h30H,2-14H2,1H3,(H2,19,23)(H,20,25). The van der Waals surface area contributed by atoms with E-state index in [-0.39, 0.29) is 52.0 Å². The number of amides is 2. The topological polar surface area (TPSA) is 146 Å². The Balaban J connectivity index is 3.69. The minimum absolute atomic E-state index is 0.0328. The summed E-state index contributed by atoms with van der Waals surface area (Å²) in [7, 11) is 0. The third-order valence-corrected chi connectivity index (χ3v) is 3.67. The predicted molar refractivity (Wildman–Crippen MR) is 111 cm³/mol. The maximum absolute atomic E-state index is 11.6. The van der Waals surface area contributed by atoms with Crippen LogP contribution in [-0.4, -0.2) is 100 Å². The lowest BCUT2D eigenvalue weighted by Crippen LogP contribution is -2.37. The van der Waals surface area contributed by atoms with Gasteiger partial charge in [0.1, 0.15) is 25.6 Å². The average Bonchev–Trinajstić information content (AvgIpc) is 2.67. The van der Waals surface area contributed by atoms with Crippen molar-refractivity contribution in [1.82, 2.24) is 10.2 Å². The maximum atomic E-state index is 11.6. The summed E-state index contributed by atoms with van der Waals surface area (Å²) in [5.41, 5.74) is 5.20. The summed E-state index contributed by atoms with van der Waals surface area (Å²) in [6, 6.07) is 0. The van der Waals surface area contributed by atoms with E-state index in [0.717, 1.165) is 0 Å². The number of hydrogen-bond donors (Lipinski definition) is 3. The molecule has 2 amide bonds. The molecular weight excluding hydrogens is 418 g/mol. The first-order chi connectivity index (χ1) is 14.3. The van der Waals surface area contributed by atoms with E-state index < -0.39 is 18.0 Å². The van der Waals surface area contributed by atoms with Crippen molar-refractivity contribution in [3.05, 3.63) is 0 Å². The third-order valence-electron chi connectivity index (χ3n) is 3.49. The number of hydrogen-bond acceptors (Lipinski definition) is 10. The monoisotopic (exact) mass is 451 g/mol. The quantitative estimate of drug-likeness (QED) is 0.133. The molecule has 0 aromatic heterocycles. The van der Waals surface area contributed by atoms with Crippen molar-refractivity contribution in [3.8, 4) is 0 Å². The fraction of sp³-hybridized carbons (Fsp3) is 0.778. The molecule has 0 unspecified atom stereocenters. The lowest BCUT2D eigenvalue weighted by Gasteiger charge is -2.20. The molecule has 0 atom stereocenters. The van der Waals surface area contributed by atoms with Gasteiger partial charge in [-0.15, -0.1) is 0 Å². The second kappa shape index (κ2) is 19.1. The highest BCUT2D eigenvalue weighted by molar-refractivity contribution is 7.80. The Morgan fingerprint density at radius 1 is 0.967 bits per heavy atom. The molecule has 0 aliphatic rings. The zero-order valence-electron chi connectivity index (χ0n) is 17.4. The lowest BCUT2D eigenvalue weighted by molar-refractivity contribution is -0.149. The van der Waals surface area contributed by atoms with Crippen molar-refractivity contribution in [1.29, 1.82) is 0 Å². The van der Waals surface area contributed by atoms with Crippen LogP contribution >= 0.6 is 12.6 Å². The van der Waals surface area contributed by atoms with Crippen LogP contribution < -0.4 is 11.1 Å². The highest BCUT2D eigenvalue weighted by atomic mass is 32.1. The van der Waals surface area contributed by atoms with E-state index in [2.05, 4.69) is 17.9 Å². The van der Waals surface area contributed by atoms with Gasteiger partial charge < -0.3 is 34.8 Å². The number of rotatable bonds is 19. The Hall–Kier alpha value is -1.89. The molecule has 12 heteroatoms. The van der Waals surface area contributed by atoms with Crippen LogP contribution in [0.15, 0.2) is 0 Å². The van der Waals surface area contributed by atoms with E-state index in [1.807, 2.05) is 0 Å². The number of alkyl carbamates (subject to hydrolysis) is 1. The number of nitrogens with one attached hydrogen (secondary N) is 1. The summed E-state index contributed by atoms with van der Waals surface area (Å²) in [6.45, 7) is 3.50. The van der Waals surface area contributed by atoms with E-state index >= 15 is 0 Å². The summed E-state index contributed by atoms with van der Waals surface area (Å²) >= 11 is 3.92. The molecule has 3 N–H and O–H groups in total. The van der Waals surface area contributed by atoms with Gasteiger partial charge in [0.2, 0.25) is 5.91 Å². The van der Waals surface area contributed by atoms with E-state index in [0.29, 0.717) is 38.2 Å². The van der Waals surface area contributed by atoms with E-state index in [9.17, 15) is 19.2 Å². The van der Waals surface area contributed by atoms with Gasteiger partial charge in [0.25, 0.3) is 0 Å². The molecule has 0 radical (unpaired) electrons. The van der Waals surface area contributed by atoms with Gasteiger partial charge in [-0.05, 0) is 19.9 Å². The number of carbonyl (C=O) groups is 4. The number of thiol groups is 1. The Labute approximate surface area is 182 Å². The van der Waals surface area contributed by atoms with Gasteiger partial charge in [-0.1, -0.05) is 0 Å². The minimum Gasteiger partial charge on any atom is -0.463 e. The van der Waals surface area contributed by atoms with Gasteiger partial charge in [-0.3, -0.25) is 9.69 Å². The molecule has 0 heterocycles. The number of ketones is 1. The molecule has 0 saturated carbocycles. The second-order valence-electron chi connectivity index (χ2n) is 6.22. The summed E-state index contributed by atoms with van der Waals surface area (Å²) in [5, 5.41) is 2.50. The van der Waals surface area contributed by atoms with Gasteiger partial charge in [0.05, 0.1) is 26.4 Å². The smallest absolute Gasteiger partial charge is 0.407 e. The molecular formula is C18H33N3O8S. The highest BCUT2D eigenvalue weighted by Crippen LogP contribution is 1.97. The average molecular weight is 452 g/mol. The first kappa shape index (κ1) is 28.1. The van der Waals surface area contributed by atoms with Crippen LogP contribution in [-0.2, 0) is 33.3 Å². The van der Waals surface area contributed by atoms with Crippen molar-refractivity contribution >= 4 is 36.4 Å². The van der Waals surface area contributed by atoms with Crippen molar-refractivity contribution in [2.45, 2.75) is 19.8 Å². The molecule has 0 aromatic carbocycles. The van der Waals surface area contributed by atoms with Crippen LogP contribution in [0.2, 0.25) is 0 Å². The Kier molecular flexibility index (Phi) is 17.9. The summed E-state index contributed by atoms with van der Waals surface area (Å²) in [4.78, 5) is 46.6. The van der Waals surface area contributed by atoms with Crippen LogP contribution in [0.1, 0.15) is 19.8 Å². The molecule has 0 aromatic rings. The van der Waals surface area contributed by atoms with Gasteiger partial charge in [-0.2, -0.15) is 12.6 Å². The molecule has 0 aliphatic heterocycles. The Bertz CT molecular complexity index is 522. The molecule has 30 heavy (non-hydrogen) atoms. The number of esters is 1. The zero-order chi connectivity index (χ0) is 22.6. The van der Waals surface area contributed by atoms with Gasteiger partial charge in [0, 0.05) is 25.3 Å². The molecule has 11 nitrogen and oxygen atoms in total. The van der Waals surface area contributed by atoms with Crippen LogP contribution in [0, 0.1) is 0 Å². The largest absolute Gasteiger partial charge is 0.463 e. The number of ether oxygens (including phenoxy) is 4. The number of Topliss-reactive ketones (excluding diaryl/α,β-unsaturated/α-hetero) is 1. The van der Waals surface area contributed by atoms with Crippen molar-refractivity contribution < 1.29 is 38.1 Å². The van der Waals surface area contributed by atoms with Gasteiger partial charge in [-0.25, -0.2) is 9.59 Å². The third kappa shape index (κ3) is 19.4. The molecule has 0 spiro atoms. The van der Waals surface area contributed by atoms with E-state index in [1.54, 1.807) is 4.90 Å². The number of nitrogens with two attached hydrogens (primary N) is 1. The fourth-order valence-corrected chi connectivity index (χ4v) is 2.25. The fourth-order valence-electron chi connectivity index (χ4n) is 2.16. The van der Waals surface area contributed by atoms with Crippen LogP contribution in [0.25, 0.3) is 0 Å². The molecule has 174 valence electrons. The Morgan fingerprint density at radius 2 is 1.70 bits per heavy atom. The van der Waals surface area contributed by atoms with Crippen LogP contribution in [0.5, 0.6) is 0 Å². The lowest BCUT2D eigenvalue weighted by atomic mass is 10.2.